The van der Waals surface area contributed by atoms with Gasteiger partial charge in [0.2, 0.25) is 0 Å². The number of anilines is 2. The van der Waals surface area contributed by atoms with Gasteiger partial charge in [0.25, 0.3) is 5.91 Å². The number of hydrogen-bond acceptors (Lipinski definition) is 5. The molecule has 9 heteroatoms. The second-order valence-electron chi connectivity index (χ2n) is 6.71. The van der Waals surface area contributed by atoms with Crippen LogP contribution in [-0.4, -0.2) is 24.0 Å². The zero-order chi connectivity index (χ0) is 22.4. The van der Waals surface area contributed by atoms with Crippen molar-refractivity contribution in [2.75, 3.05) is 17.8 Å². The van der Waals surface area contributed by atoms with Crippen molar-refractivity contribution in [3.8, 4) is 11.5 Å². The normalized spacial score (nSPS) is 10.2. The number of aryl methyl sites for hydroxylation is 2. The van der Waals surface area contributed by atoms with Gasteiger partial charge in [-0.25, -0.2) is 4.79 Å². The molecule has 3 amide bonds. The molecule has 8 nitrogen and oxygen atoms in total. The van der Waals surface area contributed by atoms with E-state index in [1.165, 1.54) is 13.2 Å². The number of nitrogens with one attached hydrogen (secondary N) is 4. The molecule has 0 spiro atoms. The van der Waals surface area contributed by atoms with E-state index in [4.69, 9.17) is 16.3 Å². The van der Waals surface area contributed by atoms with E-state index in [9.17, 15) is 9.59 Å². The monoisotopic (exact) mass is 439 g/mol. The fourth-order valence-corrected chi connectivity index (χ4v) is 2.77. The Morgan fingerprint density at radius 3 is 2.48 bits per heavy atom. The lowest BCUT2D eigenvalue weighted by Gasteiger charge is -2.14. The Labute approximate surface area is 184 Å². The third-order valence-corrected chi connectivity index (χ3v) is 4.77. The molecule has 0 radical (unpaired) electrons. The summed E-state index contributed by atoms with van der Waals surface area (Å²) < 4.78 is 5.91. The molecule has 0 aliphatic rings. The molecule has 0 aliphatic heterocycles. The van der Waals surface area contributed by atoms with Crippen molar-refractivity contribution in [2.24, 2.45) is 0 Å². The van der Waals surface area contributed by atoms with Crippen molar-refractivity contribution < 1.29 is 14.3 Å². The van der Waals surface area contributed by atoms with Gasteiger partial charge in [0.1, 0.15) is 17.2 Å². The van der Waals surface area contributed by atoms with Crippen LogP contribution in [-0.2, 0) is 0 Å². The summed E-state index contributed by atoms with van der Waals surface area (Å²) in [5.41, 5.74) is 8.65. The molecule has 3 aromatic rings. The average molecular weight is 440 g/mol. The van der Waals surface area contributed by atoms with Crippen molar-refractivity contribution >= 4 is 34.9 Å². The third-order valence-electron chi connectivity index (χ3n) is 4.34. The first kappa shape index (κ1) is 21.9. The maximum absolute atomic E-state index is 12.2. The standard InChI is InChI=1S/C22H22ClN5O3/c1-13-4-5-16(27-28-22(30)26-15-6-7-18(23)14(2)10-15)11-20(13)31-17-8-9-25-19(12-17)21(29)24-3/h4-12,27H,1-3H3,(H,24,29)(H2,26,28,30). The van der Waals surface area contributed by atoms with Gasteiger partial charge < -0.3 is 15.4 Å². The van der Waals surface area contributed by atoms with Crippen molar-refractivity contribution in [2.45, 2.75) is 13.8 Å². The molecular formula is C22H22ClN5O3. The van der Waals surface area contributed by atoms with E-state index in [0.29, 0.717) is 27.9 Å². The van der Waals surface area contributed by atoms with E-state index in [2.05, 4.69) is 26.5 Å². The minimum Gasteiger partial charge on any atom is -0.457 e. The van der Waals surface area contributed by atoms with Gasteiger partial charge >= 0.3 is 6.03 Å². The summed E-state index contributed by atoms with van der Waals surface area (Å²) in [6, 6.07) is 13.4. The van der Waals surface area contributed by atoms with Gasteiger partial charge in [-0.1, -0.05) is 17.7 Å². The van der Waals surface area contributed by atoms with Gasteiger partial charge in [-0.2, -0.15) is 0 Å². The van der Waals surface area contributed by atoms with Crippen LogP contribution in [0.15, 0.2) is 54.7 Å². The van der Waals surface area contributed by atoms with Crippen molar-refractivity contribution in [1.29, 1.82) is 0 Å². The average Bonchev–Trinajstić information content (AvgIpc) is 2.76. The van der Waals surface area contributed by atoms with Gasteiger partial charge in [-0.3, -0.25) is 20.6 Å². The summed E-state index contributed by atoms with van der Waals surface area (Å²) in [5, 5.41) is 5.88. The number of benzene rings is 2. The number of rotatable bonds is 6. The molecule has 2 aromatic carbocycles. The number of hydrogen-bond donors (Lipinski definition) is 4. The number of nitrogens with zero attached hydrogens (tertiary/aromatic N) is 1. The van der Waals surface area contributed by atoms with E-state index in [1.807, 2.05) is 19.9 Å². The first-order valence-corrected chi connectivity index (χ1v) is 9.79. The Morgan fingerprint density at radius 2 is 1.74 bits per heavy atom. The van der Waals surface area contributed by atoms with Crippen LogP contribution < -0.4 is 26.2 Å². The Morgan fingerprint density at radius 1 is 0.968 bits per heavy atom. The van der Waals surface area contributed by atoms with Crippen molar-refractivity contribution in [3.63, 3.8) is 0 Å². The molecular weight excluding hydrogens is 418 g/mol. The van der Waals surface area contributed by atoms with Crippen molar-refractivity contribution in [3.05, 3.63) is 76.6 Å². The topological polar surface area (TPSA) is 104 Å². The first-order valence-electron chi connectivity index (χ1n) is 9.41. The molecule has 0 saturated carbocycles. The zero-order valence-corrected chi connectivity index (χ0v) is 18.0. The maximum atomic E-state index is 12.2. The van der Waals surface area contributed by atoms with Crippen LogP contribution in [0.2, 0.25) is 5.02 Å². The Kier molecular flexibility index (Phi) is 6.94. The smallest absolute Gasteiger partial charge is 0.337 e. The lowest BCUT2D eigenvalue weighted by Crippen LogP contribution is -2.33. The number of pyridine rings is 1. The maximum Gasteiger partial charge on any atom is 0.337 e. The van der Waals surface area contributed by atoms with Crippen LogP contribution >= 0.6 is 11.6 Å². The third kappa shape index (κ3) is 5.86. The summed E-state index contributed by atoms with van der Waals surface area (Å²) in [6.07, 6.45) is 1.50. The van der Waals surface area contributed by atoms with E-state index >= 15 is 0 Å². The highest BCUT2D eigenvalue weighted by Gasteiger charge is 2.09. The first-order chi connectivity index (χ1) is 14.9. The number of amides is 3. The van der Waals surface area contributed by atoms with Crippen LogP contribution in [0.1, 0.15) is 21.6 Å². The summed E-state index contributed by atoms with van der Waals surface area (Å²) in [5.74, 6) is 0.732. The highest BCUT2D eigenvalue weighted by Crippen LogP contribution is 2.28. The van der Waals surface area contributed by atoms with Crippen LogP contribution in [0.4, 0.5) is 16.2 Å². The van der Waals surface area contributed by atoms with Gasteiger partial charge in [0, 0.05) is 36.1 Å². The number of carbonyl (C=O) groups excluding carboxylic acids is 2. The molecule has 0 fully saturated rings. The lowest BCUT2D eigenvalue weighted by atomic mass is 10.2. The highest BCUT2D eigenvalue weighted by atomic mass is 35.5. The van der Waals surface area contributed by atoms with Crippen LogP contribution in [0.25, 0.3) is 0 Å². The minimum atomic E-state index is -0.436. The SMILES string of the molecule is CNC(=O)c1cc(Oc2cc(NNC(=O)Nc3ccc(Cl)c(C)c3)ccc2C)ccn1. The Hall–Kier alpha value is -3.78. The molecule has 0 atom stereocenters. The minimum absolute atomic E-state index is 0.253. The molecule has 31 heavy (non-hydrogen) atoms. The fraction of sp³-hybridized carbons (Fsp3) is 0.136. The number of carbonyl (C=O) groups is 2. The quantitative estimate of drug-likeness (QED) is 0.418. The number of aromatic nitrogens is 1. The second-order valence-corrected chi connectivity index (χ2v) is 7.11. The van der Waals surface area contributed by atoms with Gasteiger partial charge in [0.05, 0.1) is 5.69 Å². The van der Waals surface area contributed by atoms with Crippen LogP contribution in [0.3, 0.4) is 0 Å². The van der Waals surface area contributed by atoms with E-state index in [-0.39, 0.29) is 11.6 Å². The predicted molar refractivity (Wildman–Crippen MR) is 121 cm³/mol. The Bertz CT molecular complexity index is 1120. The van der Waals surface area contributed by atoms with Crippen LogP contribution in [0, 0.1) is 13.8 Å². The molecule has 0 saturated heterocycles. The lowest BCUT2D eigenvalue weighted by molar-refractivity contribution is 0.0958. The Balaban J connectivity index is 1.65. The zero-order valence-electron chi connectivity index (χ0n) is 17.2. The molecule has 160 valence electrons. The summed E-state index contributed by atoms with van der Waals surface area (Å²) in [6.45, 7) is 3.75. The second kappa shape index (κ2) is 9.82. The molecule has 0 bridgehead atoms. The fourth-order valence-electron chi connectivity index (χ4n) is 2.66. The van der Waals surface area contributed by atoms with Crippen molar-refractivity contribution in [1.82, 2.24) is 15.7 Å². The molecule has 1 heterocycles. The highest BCUT2D eigenvalue weighted by molar-refractivity contribution is 6.31. The molecule has 3 rings (SSSR count). The van der Waals surface area contributed by atoms with Gasteiger partial charge in [0.15, 0.2) is 0 Å². The van der Waals surface area contributed by atoms with Gasteiger partial charge in [-0.15, -0.1) is 0 Å². The van der Waals surface area contributed by atoms with E-state index in [0.717, 1.165) is 11.1 Å². The molecule has 0 unspecified atom stereocenters. The number of urea groups is 1. The van der Waals surface area contributed by atoms with E-state index in [1.54, 1.807) is 42.5 Å². The number of hydrazine groups is 1. The number of halogens is 1. The summed E-state index contributed by atoms with van der Waals surface area (Å²) >= 11 is 6.00. The van der Waals surface area contributed by atoms with E-state index < -0.39 is 6.03 Å². The van der Waals surface area contributed by atoms with Crippen LogP contribution in [0.5, 0.6) is 11.5 Å². The number of ether oxygens (including phenoxy) is 1. The molecule has 4 N–H and O–H groups in total. The predicted octanol–water partition coefficient (Wildman–Crippen LogP) is 4.65. The summed E-state index contributed by atoms with van der Waals surface area (Å²) in [7, 11) is 1.54. The molecule has 1 aromatic heterocycles. The molecule has 0 aliphatic carbocycles. The largest absolute Gasteiger partial charge is 0.457 e. The summed E-state index contributed by atoms with van der Waals surface area (Å²) in [4.78, 5) is 27.9. The van der Waals surface area contributed by atoms with Gasteiger partial charge in [-0.05, 0) is 55.3 Å².